The van der Waals surface area contributed by atoms with E-state index in [2.05, 4.69) is 14.9 Å². The zero-order valence-electron chi connectivity index (χ0n) is 12.3. The highest BCUT2D eigenvalue weighted by Crippen LogP contribution is 2.22. The number of aromatic amines is 1. The Kier molecular flexibility index (Phi) is 4.46. The second kappa shape index (κ2) is 5.97. The van der Waals surface area contributed by atoms with Crippen molar-refractivity contribution in [2.45, 2.75) is 38.3 Å². The molecule has 114 valence electrons. The van der Waals surface area contributed by atoms with Gasteiger partial charge in [0.2, 0.25) is 10.0 Å². The number of aryl methyl sites for hydroxylation is 2. The Morgan fingerprint density at radius 2 is 2.00 bits per heavy atom. The van der Waals surface area contributed by atoms with Crippen molar-refractivity contribution in [3.05, 3.63) is 46.8 Å². The Hall–Kier alpha value is -1.70. The largest absolute Gasteiger partial charge is 0.325 e. The van der Waals surface area contributed by atoms with Gasteiger partial charge < -0.3 is 5.73 Å². The lowest BCUT2D eigenvalue weighted by atomic mass is 10.0. The normalized spacial score (nSPS) is 13.3. The van der Waals surface area contributed by atoms with Gasteiger partial charge in [0.15, 0.2) is 0 Å². The highest BCUT2D eigenvalue weighted by molar-refractivity contribution is 7.89. The third kappa shape index (κ3) is 3.15. The first kappa shape index (κ1) is 15.7. The molecule has 0 aliphatic heterocycles. The molecule has 2 aromatic rings. The minimum atomic E-state index is -3.68. The molecule has 0 aliphatic carbocycles. The van der Waals surface area contributed by atoms with E-state index in [0.29, 0.717) is 11.4 Å². The monoisotopic (exact) mass is 308 g/mol. The van der Waals surface area contributed by atoms with Crippen LogP contribution in [0.3, 0.4) is 0 Å². The molecule has 1 heterocycles. The maximum atomic E-state index is 12.6. The van der Waals surface area contributed by atoms with Crippen molar-refractivity contribution in [2.75, 3.05) is 0 Å². The first-order valence-electron chi connectivity index (χ1n) is 6.68. The quantitative estimate of drug-likeness (QED) is 0.779. The van der Waals surface area contributed by atoms with Crippen LogP contribution in [0.25, 0.3) is 0 Å². The van der Waals surface area contributed by atoms with Crippen LogP contribution in [0.2, 0.25) is 0 Å². The molecule has 0 saturated heterocycles. The summed E-state index contributed by atoms with van der Waals surface area (Å²) in [4.78, 5) is 0.144. The van der Waals surface area contributed by atoms with Crippen LogP contribution in [-0.2, 0) is 16.6 Å². The Bertz CT molecular complexity index is 737. The molecular weight excluding hydrogens is 288 g/mol. The molecule has 0 aliphatic rings. The molecule has 1 aromatic heterocycles. The maximum Gasteiger partial charge on any atom is 0.244 e. The molecule has 2 rings (SSSR count). The van der Waals surface area contributed by atoms with Crippen LogP contribution in [0, 0.1) is 13.8 Å². The highest BCUT2D eigenvalue weighted by Gasteiger charge is 2.26. The van der Waals surface area contributed by atoms with Gasteiger partial charge in [0, 0.05) is 12.6 Å². The number of nitrogens with zero attached hydrogens (tertiary/aromatic N) is 1. The van der Waals surface area contributed by atoms with E-state index in [9.17, 15) is 8.42 Å². The molecule has 7 heteroatoms. The predicted octanol–water partition coefficient (Wildman–Crippen LogP) is 1.52. The summed E-state index contributed by atoms with van der Waals surface area (Å²) in [6.07, 6.45) is 0. The van der Waals surface area contributed by atoms with Gasteiger partial charge in [0.25, 0.3) is 0 Å². The molecule has 0 radical (unpaired) electrons. The van der Waals surface area contributed by atoms with Crippen molar-refractivity contribution in [3.8, 4) is 0 Å². The molecule has 21 heavy (non-hydrogen) atoms. The Balaban J connectivity index is 2.34. The van der Waals surface area contributed by atoms with Crippen molar-refractivity contribution in [1.29, 1.82) is 0 Å². The molecule has 0 amide bonds. The molecular formula is C14H20N4O2S. The van der Waals surface area contributed by atoms with Gasteiger partial charge in [-0.1, -0.05) is 24.3 Å². The van der Waals surface area contributed by atoms with Crippen LogP contribution in [0.5, 0.6) is 0 Å². The van der Waals surface area contributed by atoms with Crippen molar-refractivity contribution in [1.82, 2.24) is 14.9 Å². The molecule has 0 fully saturated rings. The van der Waals surface area contributed by atoms with Crippen LogP contribution in [0.1, 0.15) is 35.5 Å². The minimum Gasteiger partial charge on any atom is -0.325 e. The molecule has 0 saturated carbocycles. The number of rotatable bonds is 5. The van der Waals surface area contributed by atoms with Gasteiger partial charge >= 0.3 is 0 Å². The summed E-state index contributed by atoms with van der Waals surface area (Å²) >= 11 is 0. The zero-order chi connectivity index (χ0) is 15.6. The van der Waals surface area contributed by atoms with E-state index >= 15 is 0 Å². The number of nitrogens with one attached hydrogen (secondary N) is 2. The smallest absolute Gasteiger partial charge is 0.244 e. The number of benzene rings is 1. The standard InChI is InChI=1S/C14H20N4O2S/c1-9-6-4-5-7-12(9)10(2)18-21(19,20)14-11(3)16-17-13(14)8-15/h4-7,10,18H,8,15H2,1-3H3,(H,16,17). The van der Waals surface area contributed by atoms with Crippen LogP contribution in [0.15, 0.2) is 29.2 Å². The van der Waals surface area contributed by atoms with Crippen LogP contribution >= 0.6 is 0 Å². The van der Waals surface area contributed by atoms with E-state index in [1.807, 2.05) is 38.1 Å². The van der Waals surface area contributed by atoms with Gasteiger partial charge in [-0.15, -0.1) is 0 Å². The summed E-state index contributed by atoms with van der Waals surface area (Å²) in [5.74, 6) is 0. The zero-order valence-corrected chi connectivity index (χ0v) is 13.2. The first-order chi connectivity index (χ1) is 9.86. The average Bonchev–Trinajstić information content (AvgIpc) is 2.80. The average molecular weight is 308 g/mol. The van der Waals surface area contributed by atoms with Gasteiger partial charge in [-0.05, 0) is 31.9 Å². The number of hydrogen-bond donors (Lipinski definition) is 3. The fourth-order valence-corrected chi connectivity index (χ4v) is 3.99. The van der Waals surface area contributed by atoms with Crippen molar-refractivity contribution < 1.29 is 8.42 Å². The first-order valence-corrected chi connectivity index (χ1v) is 8.17. The topological polar surface area (TPSA) is 101 Å². The van der Waals surface area contributed by atoms with E-state index in [1.165, 1.54) is 0 Å². The van der Waals surface area contributed by atoms with Gasteiger partial charge in [-0.2, -0.15) is 5.10 Å². The van der Waals surface area contributed by atoms with Crippen molar-refractivity contribution in [2.24, 2.45) is 5.73 Å². The van der Waals surface area contributed by atoms with Gasteiger partial charge in [0.1, 0.15) is 4.90 Å². The number of aromatic nitrogens is 2. The molecule has 4 N–H and O–H groups in total. The van der Waals surface area contributed by atoms with E-state index in [4.69, 9.17) is 5.73 Å². The second-order valence-electron chi connectivity index (χ2n) is 5.03. The molecule has 1 unspecified atom stereocenters. The molecule has 1 aromatic carbocycles. The molecule has 0 spiro atoms. The molecule has 0 bridgehead atoms. The fourth-order valence-electron chi connectivity index (χ4n) is 2.39. The van der Waals surface area contributed by atoms with E-state index in [-0.39, 0.29) is 17.5 Å². The summed E-state index contributed by atoms with van der Waals surface area (Å²) in [6.45, 7) is 5.50. The lowest BCUT2D eigenvalue weighted by Gasteiger charge is -2.17. The van der Waals surface area contributed by atoms with Gasteiger partial charge in [-0.3, -0.25) is 5.10 Å². The van der Waals surface area contributed by atoms with Gasteiger partial charge in [0.05, 0.1) is 11.4 Å². The lowest BCUT2D eigenvalue weighted by Crippen LogP contribution is -2.28. The van der Waals surface area contributed by atoms with E-state index in [1.54, 1.807) is 6.92 Å². The van der Waals surface area contributed by atoms with E-state index < -0.39 is 10.0 Å². The number of H-pyrrole nitrogens is 1. The minimum absolute atomic E-state index is 0.0688. The predicted molar refractivity (Wildman–Crippen MR) is 81.1 cm³/mol. The summed E-state index contributed by atoms with van der Waals surface area (Å²) in [5.41, 5.74) is 8.36. The van der Waals surface area contributed by atoms with Gasteiger partial charge in [-0.25, -0.2) is 13.1 Å². The summed E-state index contributed by atoms with van der Waals surface area (Å²) in [6, 6.07) is 7.34. The Morgan fingerprint density at radius 1 is 1.33 bits per heavy atom. The number of nitrogens with two attached hydrogens (primary N) is 1. The molecule has 6 nitrogen and oxygen atoms in total. The SMILES string of the molecule is Cc1ccccc1C(C)NS(=O)(=O)c1c(CN)n[nH]c1C. The summed E-state index contributed by atoms with van der Waals surface area (Å²) in [7, 11) is -3.68. The third-order valence-corrected chi connectivity index (χ3v) is 5.15. The summed E-state index contributed by atoms with van der Waals surface area (Å²) in [5, 5.41) is 6.60. The third-order valence-electron chi connectivity index (χ3n) is 3.41. The molecule has 1 atom stereocenters. The highest BCUT2D eigenvalue weighted by atomic mass is 32.2. The maximum absolute atomic E-state index is 12.6. The van der Waals surface area contributed by atoms with Crippen molar-refractivity contribution in [3.63, 3.8) is 0 Å². The fraction of sp³-hybridized carbons (Fsp3) is 0.357. The Morgan fingerprint density at radius 3 is 2.62 bits per heavy atom. The Labute approximate surface area is 124 Å². The lowest BCUT2D eigenvalue weighted by molar-refractivity contribution is 0.564. The second-order valence-corrected chi connectivity index (χ2v) is 6.68. The van der Waals surface area contributed by atoms with Crippen LogP contribution < -0.4 is 10.5 Å². The number of sulfonamides is 1. The van der Waals surface area contributed by atoms with E-state index in [0.717, 1.165) is 11.1 Å². The van der Waals surface area contributed by atoms with Crippen LogP contribution in [0.4, 0.5) is 0 Å². The number of hydrogen-bond acceptors (Lipinski definition) is 4. The van der Waals surface area contributed by atoms with Crippen molar-refractivity contribution >= 4 is 10.0 Å². The van der Waals surface area contributed by atoms with Crippen LogP contribution in [-0.4, -0.2) is 18.6 Å². The summed E-state index contributed by atoms with van der Waals surface area (Å²) < 4.78 is 27.8.